The Morgan fingerprint density at radius 3 is 2.76 bits per heavy atom. The Bertz CT molecular complexity index is 666. The zero-order valence-electron chi connectivity index (χ0n) is 11.2. The number of hydrogen-bond donors (Lipinski definition) is 2. The summed E-state index contributed by atoms with van der Waals surface area (Å²) in [5.74, 6) is 2.30. The van der Waals surface area contributed by atoms with Crippen molar-refractivity contribution in [1.82, 2.24) is 4.72 Å². The minimum absolute atomic E-state index is 0.460. The van der Waals surface area contributed by atoms with Gasteiger partial charge in [0.1, 0.15) is 6.11 Å². The summed E-state index contributed by atoms with van der Waals surface area (Å²) in [7, 11) is -2.72. The summed E-state index contributed by atoms with van der Waals surface area (Å²) in [6.45, 7) is 1.46. The number of ether oxygens (including phenoxy) is 1. The first-order valence-corrected chi connectivity index (χ1v) is 7.46. The van der Waals surface area contributed by atoms with Crippen molar-refractivity contribution in [3.05, 3.63) is 29.3 Å². The molecule has 0 aromatic heterocycles. The number of carbonyl (C=O) groups is 1. The minimum atomic E-state index is -3.89. The van der Waals surface area contributed by atoms with Gasteiger partial charge in [-0.25, -0.2) is 4.79 Å². The molecule has 7 nitrogen and oxygen atoms in total. The van der Waals surface area contributed by atoms with Crippen LogP contribution in [0.15, 0.2) is 24.3 Å². The molecule has 1 aromatic rings. The summed E-state index contributed by atoms with van der Waals surface area (Å²) in [6, 6.07) is 6.50. The number of hydrogen-bond acceptors (Lipinski definition) is 5. The first-order valence-electron chi connectivity index (χ1n) is 5.68. The van der Waals surface area contributed by atoms with Crippen LogP contribution >= 0.6 is 11.6 Å². The standard InChI is InChI=1S/C12H13ClN2O5S/c1-9(6-7-19-21(17,18)14-2)20-12(16)15-11-5-3-4-10(13)8-11/h3-5,8-9,14H,1-2H3,(H,15,16). The summed E-state index contributed by atoms with van der Waals surface area (Å²) in [5, 5.41) is 2.91. The lowest BCUT2D eigenvalue weighted by Gasteiger charge is -2.08. The highest BCUT2D eigenvalue weighted by atomic mass is 35.5. The Kier molecular flexibility index (Phi) is 6.30. The maximum atomic E-state index is 11.5. The van der Waals surface area contributed by atoms with E-state index >= 15 is 0 Å². The van der Waals surface area contributed by atoms with Gasteiger partial charge in [0.25, 0.3) is 0 Å². The van der Waals surface area contributed by atoms with E-state index < -0.39 is 22.5 Å². The number of nitrogens with one attached hydrogen (secondary N) is 2. The molecule has 0 aliphatic rings. The molecule has 2 N–H and O–H groups in total. The molecule has 1 atom stereocenters. The van der Waals surface area contributed by atoms with Gasteiger partial charge in [-0.1, -0.05) is 17.7 Å². The lowest BCUT2D eigenvalue weighted by molar-refractivity contribution is 0.145. The Balaban J connectivity index is 2.50. The molecule has 1 amide bonds. The zero-order chi connectivity index (χ0) is 15.9. The number of halogens is 1. The smallest absolute Gasteiger partial charge is 0.412 e. The largest absolute Gasteiger partial charge is 0.433 e. The zero-order valence-corrected chi connectivity index (χ0v) is 12.8. The molecule has 0 radical (unpaired) electrons. The second kappa shape index (κ2) is 7.73. The van der Waals surface area contributed by atoms with Gasteiger partial charge in [-0.05, 0) is 31.0 Å². The van der Waals surface area contributed by atoms with E-state index in [2.05, 4.69) is 15.4 Å². The molecule has 0 heterocycles. The highest BCUT2D eigenvalue weighted by Crippen LogP contribution is 2.15. The third-order valence-electron chi connectivity index (χ3n) is 2.02. The molecule has 0 fully saturated rings. The van der Waals surface area contributed by atoms with Gasteiger partial charge in [-0.3, -0.25) is 5.32 Å². The molecule has 0 saturated carbocycles. The number of rotatable bonds is 4. The van der Waals surface area contributed by atoms with Crippen LogP contribution in [0.1, 0.15) is 6.92 Å². The minimum Gasteiger partial charge on any atom is -0.433 e. The lowest BCUT2D eigenvalue weighted by atomic mass is 10.3. The van der Waals surface area contributed by atoms with Crippen molar-refractivity contribution in [3.63, 3.8) is 0 Å². The molecule has 21 heavy (non-hydrogen) atoms. The first kappa shape index (κ1) is 17.1. The van der Waals surface area contributed by atoms with E-state index in [1.54, 1.807) is 24.3 Å². The van der Waals surface area contributed by atoms with Crippen molar-refractivity contribution < 1.29 is 22.1 Å². The summed E-state index contributed by atoms with van der Waals surface area (Å²) in [4.78, 5) is 11.5. The van der Waals surface area contributed by atoms with Crippen LogP contribution in [-0.4, -0.2) is 27.7 Å². The van der Waals surface area contributed by atoms with E-state index in [1.165, 1.54) is 14.0 Å². The Morgan fingerprint density at radius 2 is 2.14 bits per heavy atom. The van der Waals surface area contributed by atoms with Crippen molar-refractivity contribution in [2.75, 3.05) is 12.4 Å². The van der Waals surface area contributed by atoms with Crippen LogP contribution in [0.5, 0.6) is 0 Å². The number of carbonyl (C=O) groups excluding carboxylic acids is 1. The molecular weight excluding hydrogens is 320 g/mol. The van der Waals surface area contributed by atoms with E-state index in [4.69, 9.17) is 16.3 Å². The maximum Gasteiger partial charge on any atom is 0.412 e. The average molecular weight is 333 g/mol. The maximum absolute atomic E-state index is 11.5. The number of anilines is 1. The van der Waals surface area contributed by atoms with Gasteiger partial charge < -0.3 is 8.92 Å². The summed E-state index contributed by atoms with van der Waals surface area (Å²) in [6.07, 6.45) is 0.309. The van der Waals surface area contributed by atoms with E-state index in [9.17, 15) is 13.2 Å². The lowest BCUT2D eigenvalue weighted by Crippen LogP contribution is -2.20. The average Bonchev–Trinajstić information content (AvgIpc) is 2.38. The Hall–Kier alpha value is -1.95. The Morgan fingerprint density at radius 1 is 1.43 bits per heavy atom. The van der Waals surface area contributed by atoms with Gasteiger partial charge in [0.05, 0.1) is 0 Å². The van der Waals surface area contributed by atoms with Crippen LogP contribution in [-0.2, 0) is 19.2 Å². The first-order chi connectivity index (χ1) is 9.82. The molecule has 0 bridgehead atoms. The van der Waals surface area contributed by atoms with Crippen molar-refractivity contribution in [2.24, 2.45) is 0 Å². The fraction of sp³-hybridized carbons (Fsp3) is 0.250. The second-order valence-electron chi connectivity index (χ2n) is 3.67. The molecule has 9 heteroatoms. The van der Waals surface area contributed by atoms with Crippen molar-refractivity contribution in [3.8, 4) is 12.0 Å². The number of amides is 1. The molecule has 1 unspecified atom stereocenters. The second-order valence-corrected chi connectivity index (χ2v) is 5.59. The molecule has 0 aliphatic heterocycles. The van der Waals surface area contributed by atoms with Crippen LogP contribution in [0.3, 0.4) is 0 Å². The monoisotopic (exact) mass is 332 g/mol. The van der Waals surface area contributed by atoms with Gasteiger partial charge in [0, 0.05) is 17.8 Å². The van der Waals surface area contributed by atoms with Gasteiger partial charge in [-0.15, -0.1) is 0 Å². The van der Waals surface area contributed by atoms with E-state index in [0.29, 0.717) is 10.7 Å². The molecule has 0 spiro atoms. The molecule has 1 rings (SSSR count). The normalized spacial score (nSPS) is 11.8. The molecule has 0 saturated heterocycles. The van der Waals surface area contributed by atoms with Crippen molar-refractivity contribution >= 4 is 33.7 Å². The quantitative estimate of drug-likeness (QED) is 0.819. The summed E-state index contributed by atoms with van der Waals surface area (Å²) in [5.41, 5.74) is 0.460. The van der Waals surface area contributed by atoms with Crippen molar-refractivity contribution in [1.29, 1.82) is 0 Å². The highest BCUT2D eigenvalue weighted by molar-refractivity contribution is 7.84. The number of benzene rings is 1. The van der Waals surface area contributed by atoms with Crippen LogP contribution in [0.25, 0.3) is 0 Å². The third kappa shape index (κ3) is 6.85. The van der Waals surface area contributed by atoms with Gasteiger partial charge >= 0.3 is 16.4 Å². The van der Waals surface area contributed by atoms with E-state index in [0.717, 1.165) is 0 Å². The molecule has 114 valence electrons. The van der Waals surface area contributed by atoms with Crippen LogP contribution in [0.2, 0.25) is 5.02 Å². The van der Waals surface area contributed by atoms with Crippen molar-refractivity contribution in [2.45, 2.75) is 13.0 Å². The summed E-state index contributed by atoms with van der Waals surface area (Å²) >= 11 is 5.77. The van der Waals surface area contributed by atoms with Gasteiger partial charge in [0.15, 0.2) is 6.10 Å². The third-order valence-corrected chi connectivity index (χ3v) is 3.06. The molecular formula is C12H13ClN2O5S. The molecule has 1 aromatic carbocycles. The van der Waals surface area contributed by atoms with Crippen LogP contribution < -0.4 is 10.0 Å². The topological polar surface area (TPSA) is 93.7 Å². The van der Waals surface area contributed by atoms with E-state index in [1.807, 2.05) is 10.8 Å². The van der Waals surface area contributed by atoms with Gasteiger partial charge in [-0.2, -0.15) is 13.1 Å². The van der Waals surface area contributed by atoms with Crippen LogP contribution in [0, 0.1) is 12.0 Å². The Labute approximate surface area is 127 Å². The molecule has 0 aliphatic carbocycles. The van der Waals surface area contributed by atoms with Gasteiger partial charge in [0.2, 0.25) is 0 Å². The highest BCUT2D eigenvalue weighted by Gasteiger charge is 2.08. The summed E-state index contributed by atoms with van der Waals surface area (Å²) < 4.78 is 32.8. The fourth-order valence-corrected chi connectivity index (χ4v) is 1.54. The van der Waals surface area contributed by atoms with E-state index in [-0.39, 0.29) is 0 Å². The predicted octanol–water partition coefficient (Wildman–Crippen LogP) is 1.72. The fourth-order valence-electron chi connectivity index (χ4n) is 1.11. The van der Waals surface area contributed by atoms with Crippen LogP contribution in [0.4, 0.5) is 10.5 Å². The predicted molar refractivity (Wildman–Crippen MR) is 77.9 cm³/mol. The SMILES string of the molecule is CNS(=O)(=O)OC#CC(C)OC(=O)Nc1cccc(Cl)c1.